The number of amides is 1. The maximum absolute atomic E-state index is 10.6. The quantitative estimate of drug-likeness (QED) is 0.774. The fourth-order valence-corrected chi connectivity index (χ4v) is 1.46. The van der Waals surface area contributed by atoms with Crippen molar-refractivity contribution in [3.8, 4) is 11.5 Å². The van der Waals surface area contributed by atoms with Crippen LogP contribution in [0.1, 0.15) is 5.56 Å². The SMILES string of the molecule is COc1ccc(CCNC(=O)S)cc1OC. The highest BCUT2D eigenvalue weighted by Crippen LogP contribution is 2.27. The monoisotopic (exact) mass is 241 g/mol. The number of rotatable bonds is 5. The molecule has 16 heavy (non-hydrogen) atoms. The molecule has 0 saturated carbocycles. The average Bonchev–Trinajstić information content (AvgIpc) is 2.28. The summed E-state index contributed by atoms with van der Waals surface area (Å²) in [7, 11) is 3.19. The van der Waals surface area contributed by atoms with E-state index in [1.54, 1.807) is 14.2 Å². The van der Waals surface area contributed by atoms with Gasteiger partial charge in [-0.1, -0.05) is 18.7 Å². The van der Waals surface area contributed by atoms with E-state index in [9.17, 15) is 4.79 Å². The molecule has 0 bridgehead atoms. The van der Waals surface area contributed by atoms with Crippen LogP contribution in [0, 0.1) is 0 Å². The standard InChI is InChI=1S/C11H15NO3S/c1-14-9-4-3-8(7-10(9)15-2)5-6-12-11(13)16/h3-4,7H,5-6H2,1-2H3,(H2,12,13,16). The third-order valence-electron chi connectivity index (χ3n) is 2.14. The predicted molar refractivity (Wildman–Crippen MR) is 65.6 cm³/mol. The molecule has 0 unspecified atom stereocenters. The van der Waals surface area contributed by atoms with E-state index >= 15 is 0 Å². The summed E-state index contributed by atoms with van der Waals surface area (Å²) < 4.78 is 10.3. The Hall–Kier alpha value is -1.36. The lowest BCUT2D eigenvalue weighted by atomic mass is 10.1. The Balaban J connectivity index is 2.64. The summed E-state index contributed by atoms with van der Waals surface area (Å²) >= 11 is 3.62. The third kappa shape index (κ3) is 3.66. The second-order valence-electron chi connectivity index (χ2n) is 3.17. The fourth-order valence-electron chi connectivity index (χ4n) is 1.35. The number of carbonyl (C=O) groups is 1. The lowest BCUT2D eigenvalue weighted by Gasteiger charge is -2.09. The minimum absolute atomic E-state index is 0.319. The molecule has 0 aliphatic carbocycles. The van der Waals surface area contributed by atoms with Gasteiger partial charge in [-0.25, -0.2) is 0 Å². The van der Waals surface area contributed by atoms with Crippen LogP contribution in [0.25, 0.3) is 0 Å². The van der Waals surface area contributed by atoms with Crippen LogP contribution in [0.5, 0.6) is 11.5 Å². The molecule has 0 atom stereocenters. The zero-order valence-electron chi connectivity index (χ0n) is 9.32. The predicted octanol–water partition coefficient (Wildman–Crippen LogP) is 1.89. The minimum Gasteiger partial charge on any atom is -0.493 e. The van der Waals surface area contributed by atoms with E-state index in [1.807, 2.05) is 18.2 Å². The van der Waals surface area contributed by atoms with E-state index in [0.717, 1.165) is 12.0 Å². The Morgan fingerprint density at radius 1 is 1.31 bits per heavy atom. The zero-order chi connectivity index (χ0) is 12.0. The number of thiol groups is 1. The smallest absolute Gasteiger partial charge is 0.275 e. The highest BCUT2D eigenvalue weighted by molar-refractivity contribution is 7.96. The molecule has 1 rings (SSSR count). The molecule has 0 aromatic heterocycles. The normalized spacial score (nSPS) is 9.69. The Bertz CT molecular complexity index is 368. The van der Waals surface area contributed by atoms with Gasteiger partial charge in [-0.2, -0.15) is 0 Å². The molecular weight excluding hydrogens is 226 g/mol. The van der Waals surface area contributed by atoms with Gasteiger partial charge in [0, 0.05) is 6.54 Å². The Morgan fingerprint density at radius 2 is 2.00 bits per heavy atom. The molecule has 88 valence electrons. The minimum atomic E-state index is -0.319. The summed E-state index contributed by atoms with van der Waals surface area (Å²) in [6.07, 6.45) is 0.729. The van der Waals surface area contributed by atoms with E-state index in [2.05, 4.69) is 17.9 Å². The topological polar surface area (TPSA) is 47.6 Å². The summed E-state index contributed by atoms with van der Waals surface area (Å²) in [4.78, 5) is 10.6. The molecule has 0 heterocycles. The largest absolute Gasteiger partial charge is 0.493 e. The van der Waals surface area contributed by atoms with Crippen molar-refractivity contribution < 1.29 is 14.3 Å². The van der Waals surface area contributed by atoms with Crippen molar-refractivity contribution in [2.24, 2.45) is 0 Å². The molecule has 0 saturated heterocycles. The van der Waals surface area contributed by atoms with Gasteiger partial charge in [0.1, 0.15) is 0 Å². The number of benzene rings is 1. The first kappa shape index (κ1) is 12.7. The van der Waals surface area contributed by atoms with Gasteiger partial charge in [0.05, 0.1) is 14.2 Å². The Morgan fingerprint density at radius 3 is 2.56 bits per heavy atom. The van der Waals surface area contributed by atoms with E-state index < -0.39 is 0 Å². The number of hydrogen-bond donors (Lipinski definition) is 2. The molecule has 1 aromatic carbocycles. The van der Waals surface area contributed by atoms with Gasteiger partial charge in [0.2, 0.25) is 0 Å². The van der Waals surface area contributed by atoms with Gasteiger partial charge < -0.3 is 14.8 Å². The van der Waals surface area contributed by atoms with E-state index in [-0.39, 0.29) is 5.24 Å². The molecule has 0 fully saturated rings. The summed E-state index contributed by atoms with van der Waals surface area (Å²) in [6.45, 7) is 0.553. The number of nitrogens with one attached hydrogen (secondary N) is 1. The molecule has 0 aliphatic heterocycles. The van der Waals surface area contributed by atoms with Crippen LogP contribution < -0.4 is 14.8 Å². The summed E-state index contributed by atoms with van der Waals surface area (Å²) in [6, 6.07) is 5.67. The number of carbonyl (C=O) groups excluding carboxylic acids is 1. The van der Waals surface area contributed by atoms with E-state index in [4.69, 9.17) is 9.47 Å². The number of methoxy groups -OCH3 is 2. The summed E-state index contributed by atoms with van der Waals surface area (Å²) in [5, 5.41) is 2.29. The van der Waals surface area contributed by atoms with Crippen LogP contribution in [0.15, 0.2) is 18.2 Å². The van der Waals surface area contributed by atoms with E-state index in [0.29, 0.717) is 18.0 Å². The first-order valence-electron chi connectivity index (χ1n) is 4.85. The van der Waals surface area contributed by atoms with Gasteiger partial charge in [-0.15, -0.1) is 0 Å². The van der Waals surface area contributed by atoms with Crippen molar-refractivity contribution >= 4 is 17.9 Å². The summed E-state index contributed by atoms with van der Waals surface area (Å²) in [5.74, 6) is 1.39. The van der Waals surface area contributed by atoms with Gasteiger partial charge in [-0.3, -0.25) is 4.79 Å². The lowest BCUT2D eigenvalue weighted by Crippen LogP contribution is -2.19. The van der Waals surface area contributed by atoms with Crippen LogP contribution in [-0.4, -0.2) is 26.0 Å². The Labute approximate surface area is 100 Å². The third-order valence-corrected chi connectivity index (χ3v) is 2.30. The molecular formula is C11H15NO3S. The summed E-state index contributed by atoms with van der Waals surface area (Å²) in [5.41, 5.74) is 1.07. The highest BCUT2D eigenvalue weighted by atomic mass is 32.1. The first-order valence-corrected chi connectivity index (χ1v) is 5.29. The average molecular weight is 241 g/mol. The Kier molecular flexibility index (Phi) is 4.98. The van der Waals surface area contributed by atoms with Gasteiger partial charge in [-0.05, 0) is 24.1 Å². The molecule has 0 aliphatic rings. The van der Waals surface area contributed by atoms with Crippen molar-refractivity contribution in [2.45, 2.75) is 6.42 Å². The second kappa shape index (κ2) is 6.27. The zero-order valence-corrected chi connectivity index (χ0v) is 10.2. The first-order chi connectivity index (χ1) is 7.67. The van der Waals surface area contributed by atoms with Crippen molar-refractivity contribution in [1.29, 1.82) is 0 Å². The van der Waals surface area contributed by atoms with Crippen LogP contribution in [0.4, 0.5) is 4.79 Å². The van der Waals surface area contributed by atoms with E-state index in [1.165, 1.54) is 0 Å². The van der Waals surface area contributed by atoms with Crippen molar-refractivity contribution in [3.63, 3.8) is 0 Å². The maximum atomic E-state index is 10.6. The van der Waals surface area contributed by atoms with Gasteiger partial charge in [0.25, 0.3) is 5.24 Å². The maximum Gasteiger partial charge on any atom is 0.275 e. The molecule has 1 amide bonds. The van der Waals surface area contributed by atoms with Crippen LogP contribution >= 0.6 is 12.6 Å². The van der Waals surface area contributed by atoms with Crippen LogP contribution in [0.2, 0.25) is 0 Å². The fraction of sp³-hybridized carbons (Fsp3) is 0.364. The van der Waals surface area contributed by atoms with Crippen LogP contribution in [0.3, 0.4) is 0 Å². The van der Waals surface area contributed by atoms with Crippen LogP contribution in [-0.2, 0) is 6.42 Å². The molecule has 0 spiro atoms. The highest BCUT2D eigenvalue weighted by Gasteiger charge is 2.04. The lowest BCUT2D eigenvalue weighted by molar-refractivity contribution is 0.261. The van der Waals surface area contributed by atoms with Gasteiger partial charge in [0.15, 0.2) is 11.5 Å². The second-order valence-corrected chi connectivity index (χ2v) is 3.58. The molecule has 1 N–H and O–H groups in total. The molecule has 5 heteroatoms. The molecule has 4 nitrogen and oxygen atoms in total. The van der Waals surface area contributed by atoms with Crippen molar-refractivity contribution in [1.82, 2.24) is 5.32 Å². The molecule has 0 radical (unpaired) electrons. The van der Waals surface area contributed by atoms with Gasteiger partial charge >= 0.3 is 0 Å². The number of hydrogen-bond acceptors (Lipinski definition) is 3. The number of ether oxygens (including phenoxy) is 2. The van der Waals surface area contributed by atoms with Crippen molar-refractivity contribution in [3.05, 3.63) is 23.8 Å². The van der Waals surface area contributed by atoms with Crippen molar-refractivity contribution in [2.75, 3.05) is 20.8 Å². The molecule has 1 aromatic rings.